The number of aromatic nitrogens is 2. The highest BCUT2D eigenvalue weighted by Gasteiger charge is 2.31. The summed E-state index contributed by atoms with van der Waals surface area (Å²) in [6.07, 6.45) is 3.99. The van der Waals surface area contributed by atoms with Gasteiger partial charge in [-0.15, -0.1) is 0 Å². The number of carbonyl (C=O) groups is 1. The van der Waals surface area contributed by atoms with Crippen molar-refractivity contribution in [1.82, 2.24) is 14.7 Å². The Morgan fingerprint density at radius 1 is 1.36 bits per heavy atom. The van der Waals surface area contributed by atoms with E-state index >= 15 is 0 Å². The van der Waals surface area contributed by atoms with Crippen molar-refractivity contribution in [1.29, 1.82) is 0 Å². The molecule has 1 aromatic heterocycles. The van der Waals surface area contributed by atoms with Crippen molar-refractivity contribution in [2.24, 2.45) is 0 Å². The lowest BCUT2D eigenvalue weighted by Crippen LogP contribution is -2.37. The number of amides is 1. The van der Waals surface area contributed by atoms with E-state index in [1.807, 2.05) is 41.4 Å². The Morgan fingerprint density at radius 2 is 2.14 bits per heavy atom. The highest BCUT2D eigenvalue weighted by molar-refractivity contribution is 5.92. The van der Waals surface area contributed by atoms with E-state index in [1.165, 1.54) is 0 Å². The average molecular weight is 299 g/mol. The number of aliphatic hydroxyl groups excluding tert-OH is 1. The second-order valence-corrected chi connectivity index (χ2v) is 5.86. The molecule has 5 nitrogen and oxygen atoms in total. The molecule has 116 valence electrons. The summed E-state index contributed by atoms with van der Waals surface area (Å²) in [5.41, 5.74) is 1.39. The zero-order valence-electron chi connectivity index (χ0n) is 12.7. The van der Waals surface area contributed by atoms with Crippen LogP contribution < -0.4 is 0 Å². The van der Waals surface area contributed by atoms with Gasteiger partial charge in [-0.2, -0.15) is 5.10 Å². The maximum Gasteiger partial charge on any atom is 0.274 e. The number of likely N-dealkylation sites (tertiary alicyclic amines) is 1. The summed E-state index contributed by atoms with van der Waals surface area (Å²) in [7, 11) is 0. The van der Waals surface area contributed by atoms with E-state index in [0.29, 0.717) is 12.1 Å². The van der Waals surface area contributed by atoms with E-state index in [1.54, 1.807) is 17.7 Å². The Hall–Kier alpha value is -2.14. The second-order valence-electron chi connectivity index (χ2n) is 5.86. The quantitative estimate of drug-likeness (QED) is 0.942. The summed E-state index contributed by atoms with van der Waals surface area (Å²) in [6, 6.07) is 11.6. The smallest absolute Gasteiger partial charge is 0.274 e. The van der Waals surface area contributed by atoms with Gasteiger partial charge in [-0.3, -0.25) is 4.79 Å². The van der Waals surface area contributed by atoms with Gasteiger partial charge in [0.05, 0.1) is 11.8 Å². The first-order chi connectivity index (χ1) is 10.6. The molecular formula is C17H21N3O2. The topological polar surface area (TPSA) is 58.4 Å². The molecule has 0 spiro atoms. The Bertz CT molecular complexity index is 636. The third kappa shape index (κ3) is 3.04. The lowest BCUT2D eigenvalue weighted by atomic mass is 10.1. The highest BCUT2D eigenvalue weighted by Crippen LogP contribution is 2.23. The van der Waals surface area contributed by atoms with E-state index in [9.17, 15) is 9.90 Å². The number of para-hydroxylation sites is 1. The number of nitrogens with zero attached hydrogens (tertiary/aromatic N) is 3. The van der Waals surface area contributed by atoms with Crippen molar-refractivity contribution in [2.75, 3.05) is 6.54 Å². The Morgan fingerprint density at radius 3 is 2.86 bits per heavy atom. The molecule has 1 aliphatic heterocycles. The van der Waals surface area contributed by atoms with Gasteiger partial charge in [0.1, 0.15) is 0 Å². The molecule has 0 radical (unpaired) electrons. The van der Waals surface area contributed by atoms with Crippen molar-refractivity contribution in [3.63, 3.8) is 0 Å². The minimum absolute atomic E-state index is 0.0437. The summed E-state index contributed by atoms with van der Waals surface area (Å²) in [6.45, 7) is 2.51. The molecule has 1 N–H and O–H groups in total. The first kappa shape index (κ1) is 14.8. The molecule has 2 aromatic rings. The van der Waals surface area contributed by atoms with Gasteiger partial charge in [0.2, 0.25) is 0 Å². The molecule has 1 aliphatic rings. The van der Waals surface area contributed by atoms with Gasteiger partial charge in [0.25, 0.3) is 5.91 Å². The molecule has 2 heterocycles. The van der Waals surface area contributed by atoms with Crippen LogP contribution in [-0.2, 0) is 0 Å². The third-order valence-electron chi connectivity index (χ3n) is 4.08. The van der Waals surface area contributed by atoms with Crippen LogP contribution in [0.2, 0.25) is 0 Å². The van der Waals surface area contributed by atoms with Crippen LogP contribution in [0, 0.1) is 0 Å². The Kier molecular flexibility index (Phi) is 4.24. The normalized spacial score (nSPS) is 19.4. The molecule has 3 rings (SSSR count). The lowest BCUT2D eigenvalue weighted by Gasteiger charge is -2.24. The Labute approximate surface area is 130 Å². The molecule has 5 heteroatoms. The molecule has 0 saturated carbocycles. The second kappa shape index (κ2) is 6.32. The number of aliphatic hydroxyl groups is 1. The van der Waals surface area contributed by atoms with E-state index in [-0.39, 0.29) is 18.1 Å². The van der Waals surface area contributed by atoms with Gasteiger partial charge in [-0.1, -0.05) is 18.2 Å². The zero-order chi connectivity index (χ0) is 15.5. The maximum absolute atomic E-state index is 12.7. The third-order valence-corrected chi connectivity index (χ3v) is 4.08. The highest BCUT2D eigenvalue weighted by atomic mass is 16.3. The van der Waals surface area contributed by atoms with Crippen LogP contribution in [0.1, 0.15) is 36.7 Å². The Balaban J connectivity index is 1.77. The number of hydrogen-bond donors (Lipinski definition) is 1. The molecule has 1 amide bonds. The van der Waals surface area contributed by atoms with Gasteiger partial charge in [-0.25, -0.2) is 4.68 Å². The molecule has 2 atom stereocenters. The van der Waals surface area contributed by atoms with Gasteiger partial charge in [0.15, 0.2) is 5.69 Å². The number of rotatable bonds is 4. The van der Waals surface area contributed by atoms with Crippen LogP contribution in [0.15, 0.2) is 42.6 Å². The summed E-state index contributed by atoms with van der Waals surface area (Å²) >= 11 is 0. The van der Waals surface area contributed by atoms with Crippen molar-refractivity contribution < 1.29 is 9.90 Å². The molecule has 1 fully saturated rings. The van der Waals surface area contributed by atoms with Crippen molar-refractivity contribution in [2.45, 2.75) is 38.3 Å². The van der Waals surface area contributed by atoms with Crippen LogP contribution in [0.5, 0.6) is 0 Å². The first-order valence-corrected chi connectivity index (χ1v) is 7.75. The molecule has 1 aromatic carbocycles. The minimum atomic E-state index is -0.389. The van der Waals surface area contributed by atoms with Crippen LogP contribution in [0.3, 0.4) is 0 Å². The maximum atomic E-state index is 12.7. The van der Waals surface area contributed by atoms with Crippen LogP contribution >= 0.6 is 0 Å². The fraction of sp³-hybridized carbons (Fsp3) is 0.412. The van der Waals surface area contributed by atoms with Gasteiger partial charge >= 0.3 is 0 Å². The van der Waals surface area contributed by atoms with E-state index in [4.69, 9.17) is 0 Å². The molecular weight excluding hydrogens is 278 g/mol. The summed E-state index contributed by atoms with van der Waals surface area (Å²) in [5, 5.41) is 14.0. The van der Waals surface area contributed by atoms with E-state index in [0.717, 1.165) is 25.1 Å². The van der Waals surface area contributed by atoms with Crippen LogP contribution in [0.4, 0.5) is 0 Å². The average Bonchev–Trinajstić information content (AvgIpc) is 3.16. The van der Waals surface area contributed by atoms with Crippen molar-refractivity contribution in [3.8, 4) is 5.69 Å². The van der Waals surface area contributed by atoms with Crippen molar-refractivity contribution >= 4 is 5.91 Å². The molecule has 0 aliphatic carbocycles. The van der Waals surface area contributed by atoms with E-state index in [2.05, 4.69) is 5.10 Å². The predicted molar refractivity (Wildman–Crippen MR) is 83.9 cm³/mol. The van der Waals surface area contributed by atoms with Crippen LogP contribution in [0.25, 0.3) is 5.69 Å². The fourth-order valence-electron chi connectivity index (χ4n) is 3.05. The lowest BCUT2D eigenvalue weighted by molar-refractivity contribution is 0.0676. The summed E-state index contributed by atoms with van der Waals surface area (Å²) in [4.78, 5) is 14.5. The van der Waals surface area contributed by atoms with Gasteiger partial charge in [-0.05, 0) is 44.4 Å². The monoisotopic (exact) mass is 299 g/mol. The largest absolute Gasteiger partial charge is 0.393 e. The molecule has 0 bridgehead atoms. The standard InChI is InChI=1S/C17H21N3O2/c1-13(21)12-15-8-5-10-19(15)17(22)16-9-11-20(18-16)14-6-3-2-4-7-14/h2-4,6-7,9,11,13,15,21H,5,8,10,12H2,1H3. The van der Waals surface area contributed by atoms with Crippen molar-refractivity contribution in [3.05, 3.63) is 48.3 Å². The minimum Gasteiger partial charge on any atom is -0.393 e. The van der Waals surface area contributed by atoms with Crippen LogP contribution in [-0.4, -0.2) is 44.4 Å². The first-order valence-electron chi connectivity index (χ1n) is 7.75. The van der Waals surface area contributed by atoms with Gasteiger partial charge in [0, 0.05) is 18.8 Å². The number of benzene rings is 1. The predicted octanol–water partition coefficient (Wildman–Crippen LogP) is 2.25. The molecule has 22 heavy (non-hydrogen) atoms. The molecule has 2 unspecified atom stereocenters. The zero-order valence-corrected chi connectivity index (χ0v) is 12.7. The van der Waals surface area contributed by atoms with Gasteiger partial charge < -0.3 is 10.0 Å². The van der Waals surface area contributed by atoms with E-state index < -0.39 is 0 Å². The number of carbonyl (C=O) groups excluding carboxylic acids is 1. The fourth-order valence-corrected chi connectivity index (χ4v) is 3.05. The number of hydrogen-bond acceptors (Lipinski definition) is 3. The molecule has 1 saturated heterocycles. The summed E-state index contributed by atoms with van der Waals surface area (Å²) < 4.78 is 1.72. The SMILES string of the molecule is CC(O)CC1CCCN1C(=O)c1ccn(-c2ccccc2)n1. The summed E-state index contributed by atoms with van der Waals surface area (Å²) in [5.74, 6) is -0.0437.